The molecule has 0 aliphatic heterocycles. The van der Waals surface area contributed by atoms with Gasteiger partial charge in [0.2, 0.25) is 76.8 Å². The quantitative estimate of drug-likeness (QED) is 0.00962. The summed E-state index contributed by atoms with van der Waals surface area (Å²) in [4.78, 5) is 211. The molecule has 28 N–H and O–H groups in total. The van der Waals surface area contributed by atoms with Gasteiger partial charge in [-0.25, -0.2) is 0 Å². The Labute approximate surface area is 636 Å². The van der Waals surface area contributed by atoms with E-state index in [1.54, 1.807) is 88.4 Å². The summed E-state index contributed by atoms with van der Waals surface area (Å²) in [7, 11) is 0. The second kappa shape index (κ2) is 51.1. The molecule has 0 radical (unpaired) electrons. The van der Waals surface area contributed by atoms with Gasteiger partial charge in [-0.15, -0.1) is 0 Å². The van der Waals surface area contributed by atoms with E-state index in [9.17, 15) is 87.2 Å². The number of aldehydes is 1. The van der Waals surface area contributed by atoms with Crippen molar-refractivity contribution < 1.29 is 87.2 Å². The van der Waals surface area contributed by atoms with Crippen molar-refractivity contribution in [3.05, 3.63) is 71.8 Å². The molecule has 0 aliphatic rings. The zero-order valence-electron chi connectivity index (χ0n) is 60.8. The van der Waals surface area contributed by atoms with Gasteiger partial charge in [-0.1, -0.05) is 101 Å². The summed E-state index contributed by atoms with van der Waals surface area (Å²) < 4.78 is 0. The number of carbonyl (C=O) groups is 15. The lowest BCUT2D eigenvalue weighted by Gasteiger charge is -2.30. The Morgan fingerprint density at radius 2 is 0.843 bits per heavy atom. The van der Waals surface area contributed by atoms with Crippen LogP contribution in [0.2, 0.25) is 0 Å². The Morgan fingerprint density at radius 3 is 1.29 bits per heavy atom. The van der Waals surface area contributed by atoms with Gasteiger partial charge in [0.25, 0.3) is 0 Å². The summed E-state index contributed by atoms with van der Waals surface area (Å²) in [6, 6.07) is -0.594. The highest BCUT2D eigenvalue weighted by Gasteiger charge is 2.38. The van der Waals surface area contributed by atoms with Crippen LogP contribution in [0, 0.1) is 11.8 Å². The minimum Gasteiger partial charge on any atom is -0.481 e. The first-order valence-corrected chi connectivity index (χ1v) is 36.2. The number of carboxylic acids is 1. The molecule has 108 heavy (non-hydrogen) atoms. The number of benzene rings is 2. The van der Waals surface area contributed by atoms with Crippen molar-refractivity contribution in [3.8, 4) is 0 Å². The maximum Gasteiger partial charge on any atom is 0.305 e. The Balaban J connectivity index is 2.34. The minimum atomic E-state index is -1.93. The third-order valence-corrected chi connectivity index (χ3v) is 17.4. The van der Waals surface area contributed by atoms with Gasteiger partial charge in [0, 0.05) is 37.4 Å². The van der Waals surface area contributed by atoms with Crippen molar-refractivity contribution in [2.24, 2.45) is 56.2 Å². The number of aliphatic carboxylic acids is 1. The Kier molecular flexibility index (Phi) is 44.4. The van der Waals surface area contributed by atoms with Crippen LogP contribution in [0.5, 0.6) is 0 Å². The van der Waals surface area contributed by atoms with Gasteiger partial charge in [-0.3, -0.25) is 77.1 Å². The molecule has 2 aromatic carbocycles. The first-order valence-electron chi connectivity index (χ1n) is 34.9. The average Bonchev–Trinajstić information content (AvgIpc) is 0.855. The molecular weight excluding hydrogens is 1450 g/mol. The molecule has 0 spiro atoms. The number of aliphatic hydroxyl groups is 2. The number of rotatable bonds is 52. The van der Waals surface area contributed by atoms with E-state index in [0.29, 0.717) is 23.8 Å². The molecule has 600 valence electrons. The summed E-state index contributed by atoms with van der Waals surface area (Å²) in [6.45, 7) is 3.36. The number of hydrogen-bond donors (Lipinski definition) is 24. The van der Waals surface area contributed by atoms with Crippen molar-refractivity contribution in [2.75, 3.05) is 57.4 Å². The fourth-order valence-corrected chi connectivity index (χ4v) is 10.6. The van der Waals surface area contributed by atoms with Crippen molar-refractivity contribution in [1.29, 1.82) is 0 Å². The van der Waals surface area contributed by atoms with Gasteiger partial charge < -0.3 is 124 Å². The molecular formula is C67H107N21O18S2. The topological polar surface area (TPSA) is 654 Å². The average molecular weight is 1560 g/mol. The Morgan fingerprint density at radius 1 is 0.454 bits per heavy atom. The van der Waals surface area contributed by atoms with Crippen LogP contribution in [0.25, 0.3) is 0 Å². The van der Waals surface area contributed by atoms with E-state index in [2.05, 4.69) is 104 Å². The number of hydrogen-bond acceptors (Lipinski definition) is 23. The second-order valence-electron chi connectivity index (χ2n) is 25.2. The maximum atomic E-state index is 14.4. The Bertz CT molecular complexity index is 3360. The van der Waals surface area contributed by atoms with Crippen molar-refractivity contribution in [2.45, 2.75) is 171 Å². The summed E-state index contributed by atoms with van der Waals surface area (Å²) >= 11 is 8.44. The van der Waals surface area contributed by atoms with E-state index in [0.717, 1.165) is 0 Å². The van der Waals surface area contributed by atoms with E-state index in [1.807, 2.05) is 0 Å². The highest BCUT2D eigenvalue weighted by Crippen LogP contribution is 2.15. The molecule has 39 nitrogen and oxygen atoms in total. The molecule has 0 heterocycles. The summed E-state index contributed by atoms with van der Waals surface area (Å²) in [6.07, 6.45) is -0.0234. The van der Waals surface area contributed by atoms with Crippen LogP contribution in [0.15, 0.2) is 70.6 Å². The number of carboxylic acid groups (broad SMARTS) is 1. The molecule has 0 bridgehead atoms. The molecule has 2 aromatic rings. The molecule has 0 aromatic heterocycles. The van der Waals surface area contributed by atoms with E-state index >= 15 is 0 Å². The molecule has 2 rings (SSSR count). The largest absolute Gasteiger partial charge is 0.481 e. The maximum absolute atomic E-state index is 14.4. The van der Waals surface area contributed by atoms with Gasteiger partial charge in [0.15, 0.2) is 11.9 Å². The molecule has 41 heteroatoms. The number of aliphatic imine (C=N–C) groups is 2. The molecule has 0 aliphatic carbocycles. The first-order chi connectivity index (χ1) is 51.3. The van der Waals surface area contributed by atoms with E-state index in [-0.39, 0.29) is 101 Å². The lowest BCUT2D eigenvalue weighted by Crippen LogP contribution is -2.62. The number of aliphatic hydroxyl groups excluding tert-OH is 2. The first kappa shape index (κ1) is 93.9. The lowest BCUT2D eigenvalue weighted by atomic mass is 9.96. The van der Waals surface area contributed by atoms with Gasteiger partial charge in [0.1, 0.15) is 72.7 Å². The third-order valence-electron chi connectivity index (χ3n) is 16.7. The highest BCUT2D eigenvalue weighted by atomic mass is 32.1. The van der Waals surface area contributed by atoms with Gasteiger partial charge in [0.05, 0.1) is 38.8 Å². The predicted octanol–water partition coefficient (Wildman–Crippen LogP) is -8.18. The number of nitrogens with one attached hydrogen (secondary N) is 13. The monoisotopic (exact) mass is 1560 g/mol. The summed E-state index contributed by atoms with van der Waals surface area (Å²) in [5.74, 6) is -16.6. The Hall–Kier alpha value is -10.2. The smallest absolute Gasteiger partial charge is 0.305 e. The number of nitrogens with zero attached hydrogens (tertiary/aromatic N) is 2. The SMILES string of the molecule is CC[C@H](C)[C@H](NC(=O)[C@H](CCCN=C(N)N)NC(=O)CNC(=O)CNC(=O)[C@H](Cc1ccccc1)NC(=O)[C@H](CS)NC(=O)[C@H](CO)NC(=O)[C@@H](N)CO)C(=O)N[C@@H](CC(=O)O)C(=O)N[C@@H](CCCN)C(=O)N[C@H](C(=O)N[C@@H](CS)C(=O)N[C@@H](Cc1ccccc1)C(=O)N[C@H](C=O)CCCN=C(N)N)[C@@H](C)CC. The van der Waals surface area contributed by atoms with Crippen LogP contribution in [-0.4, -0.2) is 246 Å². The second-order valence-corrected chi connectivity index (χ2v) is 25.9. The lowest BCUT2D eigenvalue weighted by molar-refractivity contribution is -0.142. The standard InChI is InChI=1S/C67H107N21O18S2/c1-5-36(3)53(87-57(98)42(22-15-25-75-67(72)73)79-51(93)30-76-50(92)29-77-56(97)44(26-38-16-9-7-10-17-38)81-62(103)48(34-107)85-61(102)47(33-91)84-55(96)41(69)32-90)64(105)83-46(28-52(94)95)60(101)80-43(21-13-23-68)58(99)88-54(37(4)6-2)65(106)86-49(35-108)63(104)82-45(27-39-18-11-8-12-19-39)59(100)78-40(31-89)20-14-24-74-66(70)71/h7-12,16-19,31,36-37,40-49,53-54,90-91,107-108H,5-6,13-15,20-30,32-35,68-69H2,1-4H3,(H,76,92)(H,77,97)(H,78,100)(H,79,93)(H,80,101)(H,81,103)(H,82,104)(H,83,105)(H,84,96)(H,85,102)(H,86,106)(H,87,98)(H,88,99)(H,94,95)(H4,70,71,74)(H4,72,73,75)/t36-,37-,40-,41-,42-,43-,44-,45-,46-,47-,48-,49-,53-,54-/m0/s1. The summed E-state index contributed by atoms with van der Waals surface area (Å²) in [5.41, 5.74) is 34.3. The number of carbonyl (C=O) groups excluding carboxylic acids is 14. The van der Waals surface area contributed by atoms with Crippen LogP contribution in [-0.2, 0) is 84.8 Å². The number of guanidine groups is 2. The van der Waals surface area contributed by atoms with Gasteiger partial charge in [-0.2, -0.15) is 25.3 Å². The molecule has 0 unspecified atom stereocenters. The van der Waals surface area contributed by atoms with Crippen LogP contribution < -0.4 is 104 Å². The van der Waals surface area contributed by atoms with E-state index < -0.39 is 200 Å². The zero-order valence-corrected chi connectivity index (χ0v) is 62.6. The minimum absolute atomic E-state index is 0.0143. The molecule has 0 fully saturated rings. The predicted molar refractivity (Wildman–Crippen MR) is 403 cm³/mol. The van der Waals surface area contributed by atoms with E-state index in [4.69, 9.17) is 34.4 Å². The normalized spacial score (nSPS) is 14.8. The number of thiol groups is 2. The number of nitrogens with two attached hydrogens (primary N) is 6. The highest BCUT2D eigenvalue weighted by molar-refractivity contribution is 7.80. The molecule has 0 saturated carbocycles. The van der Waals surface area contributed by atoms with E-state index in [1.165, 1.54) is 0 Å². The zero-order chi connectivity index (χ0) is 81.0. The molecule has 0 saturated heterocycles. The van der Waals surface area contributed by atoms with Crippen molar-refractivity contribution in [3.63, 3.8) is 0 Å². The number of amides is 13. The van der Waals surface area contributed by atoms with Crippen LogP contribution >= 0.6 is 25.3 Å². The van der Waals surface area contributed by atoms with Crippen LogP contribution in [0.3, 0.4) is 0 Å². The summed E-state index contributed by atoms with van der Waals surface area (Å²) in [5, 5.41) is 61.0. The van der Waals surface area contributed by atoms with Crippen LogP contribution in [0.1, 0.15) is 96.6 Å². The van der Waals surface area contributed by atoms with Crippen LogP contribution in [0.4, 0.5) is 0 Å². The van der Waals surface area contributed by atoms with Crippen molar-refractivity contribution >= 4 is 126 Å². The molecule has 13 amide bonds. The van der Waals surface area contributed by atoms with Gasteiger partial charge in [-0.05, 0) is 68.0 Å². The third kappa shape index (κ3) is 35.4. The molecule has 14 atom stereocenters. The van der Waals surface area contributed by atoms with Gasteiger partial charge >= 0.3 is 5.97 Å². The fraction of sp³-hybridized carbons (Fsp3) is 0.567. The fourth-order valence-electron chi connectivity index (χ4n) is 10.1. The van der Waals surface area contributed by atoms with Crippen molar-refractivity contribution in [1.82, 2.24) is 69.1 Å².